The highest BCUT2D eigenvalue weighted by molar-refractivity contribution is 5.53. The average molecular weight is 313 g/mol. The van der Waals surface area contributed by atoms with Gasteiger partial charge in [-0.05, 0) is 31.0 Å². The minimum absolute atomic E-state index is 0.607. The van der Waals surface area contributed by atoms with Crippen molar-refractivity contribution in [3.05, 3.63) is 42.6 Å². The number of rotatable bonds is 11. The maximum Gasteiger partial charge on any atom is 0.257 e. The normalized spacial score (nSPS) is 11.0. The highest BCUT2D eigenvalue weighted by atomic mass is 16.5. The summed E-state index contributed by atoms with van der Waals surface area (Å²) in [6.07, 6.45) is 12.9. The zero-order valence-corrected chi connectivity index (χ0v) is 14.4. The molecule has 0 aliphatic rings. The Morgan fingerprint density at radius 2 is 1.48 bits per heavy atom. The molecule has 23 heavy (non-hydrogen) atoms. The summed E-state index contributed by atoms with van der Waals surface area (Å²) >= 11 is 0. The van der Waals surface area contributed by atoms with Crippen LogP contribution in [0.4, 0.5) is 0 Å². The predicted molar refractivity (Wildman–Crippen MR) is 95.1 cm³/mol. The maximum absolute atomic E-state index is 5.34. The van der Waals surface area contributed by atoms with E-state index in [0.717, 1.165) is 29.8 Å². The van der Waals surface area contributed by atoms with Crippen molar-refractivity contribution in [3.8, 4) is 11.5 Å². The second-order valence-corrected chi connectivity index (χ2v) is 6.29. The van der Waals surface area contributed by atoms with Crippen molar-refractivity contribution in [2.24, 2.45) is 0 Å². The molecular weight excluding hydrogens is 284 g/mol. The summed E-state index contributed by atoms with van der Waals surface area (Å²) in [6, 6.07) is 7.86. The molecule has 0 amide bonds. The van der Waals surface area contributed by atoms with Crippen molar-refractivity contribution in [1.82, 2.24) is 10.1 Å². The van der Waals surface area contributed by atoms with Gasteiger partial charge in [-0.15, -0.1) is 0 Å². The van der Waals surface area contributed by atoms with Crippen molar-refractivity contribution in [1.29, 1.82) is 0 Å². The lowest BCUT2D eigenvalue weighted by Crippen LogP contribution is -1.89. The van der Waals surface area contributed by atoms with Crippen molar-refractivity contribution in [2.75, 3.05) is 0 Å². The standard InChI is InChI=1S/C20H29N2O/c1-3-4-5-6-7-8-9-10-11-12-19-21-20(23-22-19)18-15-13-17(2)14-16-18/h13-16H,2-12H2,1H3. The van der Waals surface area contributed by atoms with E-state index in [9.17, 15) is 0 Å². The summed E-state index contributed by atoms with van der Waals surface area (Å²) in [6.45, 7) is 6.14. The molecule has 0 aliphatic heterocycles. The van der Waals surface area contributed by atoms with Gasteiger partial charge in [-0.25, -0.2) is 0 Å². The Balaban J connectivity index is 1.61. The van der Waals surface area contributed by atoms with Gasteiger partial charge in [0.2, 0.25) is 0 Å². The molecule has 0 saturated carbocycles. The van der Waals surface area contributed by atoms with E-state index in [1.807, 2.05) is 24.3 Å². The zero-order chi connectivity index (χ0) is 16.3. The van der Waals surface area contributed by atoms with Gasteiger partial charge in [0.15, 0.2) is 5.82 Å². The molecule has 3 nitrogen and oxygen atoms in total. The van der Waals surface area contributed by atoms with E-state index in [4.69, 9.17) is 4.52 Å². The van der Waals surface area contributed by atoms with Gasteiger partial charge in [-0.3, -0.25) is 0 Å². The molecule has 0 aliphatic carbocycles. The number of nitrogens with zero attached hydrogens (tertiary/aromatic N) is 2. The molecule has 1 aromatic carbocycles. The molecule has 0 atom stereocenters. The second-order valence-electron chi connectivity index (χ2n) is 6.29. The first-order valence-corrected chi connectivity index (χ1v) is 9.04. The summed E-state index contributed by atoms with van der Waals surface area (Å²) in [7, 11) is 0. The summed E-state index contributed by atoms with van der Waals surface area (Å²) in [4.78, 5) is 4.48. The molecule has 125 valence electrons. The average Bonchev–Trinajstić information content (AvgIpc) is 3.03. The van der Waals surface area contributed by atoms with Crippen molar-refractivity contribution in [2.45, 2.75) is 71.1 Å². The third-order valence-corrected chi connectivity index (χ3v) is 4.17. The molecule has 3 heteroatoms. The van der Waals surface area contributed by atoms with Gasteiger partial charge in [0, 0.05) is 12.0 Å². The molecule has 2 rings (SSSR count). The fraction of sp³-hybridized carbons (Fsp3) is 0.550. The van der Waals surface area contributed by atoms with Gasteiger partial charge in [-0.2, -0.15) is 4.98 Å². The van der Waals surface area contributed by atoms with Crippen LogP contribution in [0, 0.1) is 6.92 Å². The molecule has 1 radical (unpaired) electrons. The first-order chi connectivity index (χ1) is 11.3. The van der Waals surface area contributed by atoms with Crippen LogP contribution >= 0.6 is 0 Å². The molecular formula is C20H29N2O. The summed E-state index contributed by atoms with van der Waals surface area (Å²) < 4.78 is 5.34. The lowest BCUT2D eigenvalue weighted by atomic mass is 10.1. The van der Waals surface area contributed by atoms with E-state index in [1.54, 1.807) is 0 Å². The Labute approximate surface area is 140 Å². The minimum Gasteiger partial charge on any atom is -0.334 e. The molecule has 0 N–H and O–H groups in total. The molecule has 1 heterocycles. The third kappa shape index (κ3) is 6.55. The SMILES string of the molecule is [CH2]c1ccc(-c2nc(CCCCCCCCCCC)no2)cc1. The first kappa shape index (κ1) is 17.7. The third-order valence-electron chi connectivity index (χ3n) is 4.17. The number of aryl methyl sites for hydroxylation is 1. The maximum atomic E-state index is 5.34. The van der Waals surface area contributed by atoms with Crippen molar-refractivity contribution < 1.29 is 4.52 Å². The van der Waals surface area contributed by atoms with Gasteiger partial charge in [0.1, 0.15) is 0 Å². The van der Waals surface area contributed by atoms with Crippen molar-refractivity contribution >= 4 is 0 Å². The number of hydrogen-bond acceptors (Lipinski definition) is 3. The monoisotopic (exact) mass is 313 g/mol. The number of aromatic nitrogens is 2. The van der Waals surface area contributed by atoms with Crippen LogP contribution in [0.5, 0.6) is 0 Å². The van der Waals surface area contributed by atoms with E-state index >= 15 is 0 Å². The number of benzene rings is 1. The Hall–Kier alpha value is -1.64. The fourth-order valence-electron chi connectivity index (χ4n) is 2.71. The number of hydrogen-bond donors (Lipinski definition) is 0. The van der Waals surface area contributed by atoms with E-state index < -0.39 is 0 Å². The largest absolute Gasteiger partial charge is 0.334 e. The smallest absolute Gasteiger partial charge is 0.257 e. The van der Waals surface area contributed by atoms with Crippen LogP contribution in [-0.4, -0.2) is 10.1 Å². The Morgan fingerprint density at radius 3 is 2.13 bits per heavy atom. The predicted octanol–water partition coefficient (Wildman–Crippen LogP) is 5.99. The summed E-state index contributed by atoms with van der Waals surface area (Å²) in [5, 5.41) is 4.08. The molecule has 0 bridgehead atoms. The Kier molecular flexibility index (Phi) is 7.85. The lowest BCUT2D eigenvalue weighted by Gasteiger charge is -2.00. The summed E-state index contributed by atoms with van der Waals surface area (Å²) in [5.74, 6) is 1.43. The first-order valence-electron chi connectivity index (χ1n) is 9.04. The highest BCUT2D eigenvalue weighted by Crippen LogP contribution is 2.18. The van der Waals surface area contributed by atoms with Crippen LogP contribution in [0.3, 0.4) is 0 Å². The second kappa shape index (κ2) is 10.2. The minimum atomic E-state index is 0.607. The molecule has 0 fully saturated rings. The summed E-state index contributed by atoms with van der Waals surface area (Å²) in [5.41, 5.74) is 1.95. The van der Waals surface area contributed by atoms with E-state index in [0.29, 0.717) is 5.89 Å². The van der Waals surface area contributed by atoms with Gasteiger partial charge in [0.25, 0.3) is 5.89 Å². The van der Waals surface area contributed by atoms with Crippen molar-refractivity contribution in [3.63, 3.8) is 0 Å². The van der Waals surface area contributed by atoms with Crippen LogP contribution in [0.1, 0.15) is 76.1 Å². The zero-order valence-electron chi connectivity index (χ0n) is 14.4. The van der Waals surface area contributed by atoms with Gasteiger partial charge in [0.05, 0.1) is 0 Å². The van der Waals surface area contributed by atoms with Gasteiger partial charge >= 0.3 is 0 Å². The number of unbranched alkanes of at least 4 members (excludes halogenated alkanes) is 8. The van der Waals surface area contributed by atoms with E-state index in [2.05, 4.69) is 24.0 Å². The van der Waals surface area contributed by atoms with Gasteiger partial charge < -0.3 is 4.52 Å². The van der Waals surface area contributed by atoms with Crippen LogP contribution in [0.2, 0.25) is 0 Å². The van der Waals surface area contributed by atoms with Crippen LogP contribution in [0.15, 0.2) is 28.8 Å². The lowest BCUT2D eigenvalue weighted by molar-refractivity contribution is 0.421. The molecule has 0 saturated heterocycles. The van der Waals surface area contributed by atoms with Crippen LogP contribution in [0.25, 0.3) is 11.5 Å². The quantitative estimate of drug-likeness (QED) is 0.478. The van der Waals surface area contributed by atoms with E-state index in [-0.39, 0.29) is 0 Å². The molecule has 0 unspecified atom stereocenters. The molecule has 2 aromatic rings. The van der Waals surface area contributed by atoms with Crippen LogP contribution in [-0.2, 0) is 6.42 Å². The molecule has 0 spiro atoms. The fourth-order valence-corrected chi connectivity index (χ4v) is 2.71. The molecule has 1 aromatic heterocycles. The van der Waals surface area contributed by atoms with Crippen LogP contribution < -0.4 is 0 Å². The van der Waals surface area contributed by atoms with Gasteiger partial charge in [-0.1, -0.05) is 75.6 Å². The Bertz CT molecular complexity index is 545. The van der Waals surface area contributed by atoms with E-state index in [1.165, 1.54) is 51.4 Å². The Morgan fingerprint density at radius 1 is 0.870 bits per heavy atom. The highest BCUT2D eigenvalue weighted by Gasteiger charge is 2.08. The topological polar surface area (TPSA) is 38.9 Å².